The number of thiophene rings is 1. The summed E-state index contributed by atoms with van der Waals surface area (Å²) >= 11 is 1.30. The Morgan fingerprint density at radius 3 is 2.29 bits per heavy atom. The highest BCUT2D eigenvalue weighted by molar-refractivity contribution is 7.14. The van der Waals surface area contributed by atoms with E-state index in [1.165, 1.54) is 22.7 Å². The first-order valence-electron chi connectivity index (χ1n) is 14.8. The number of carbonyl (C=O) groups excluding carboxylic acids is 4. The Balaban J connectivity index is 1.59. The second-order valence-corrected chi connectivity index (χ2v) is 14.1. The van der Waals surface area contributed by atoms with Crippen LogP contribution in [0.3, 0.4) is 0 Å². The van der Waals surface area contributed by atoms with Gasteiger partial charge < -0.3 is 19.9 Å². The largest absolute Gasteiger partial charge is 0.460 e. The number of amides is 3. The van der Waals surface area contributed by atoms with Crippen LogP contribution in [-0.4, -0.2) is 54.5 Å². The van der Waals surface area contributed by atoms with E-state index >= 15 is 0 Å². The van der Waals surface area contributed by atoms with Crippen LogP contribution in [0.1, 0.15) is 79.2 Å². The summed E-state index contributed by atoms with van der Waals surface area (Å²) < 4.78 is 5.44. The van der Waals surface area contributed by atoms with Crippen LogP contribution in [0.2, 0.25) is 0 Å². The molecule has 1 aromatic carbocycles. The lowest BCUT2D eigenvalue weighted by Crippen LogP contribution is -2.55. The number of ketones is 1. The van der Waals surface area contributed by atoms with E-state index < -0.39 is 23.1 Å². The number of ether oxygens (including phenoxy) is 1. The number of esters is 1. The molecule has 0 unspecified atom stereocenters. The number of benzene rings is 1. The second-order valence-electron chi connectivity index (χ2n) is 13.2. The van der Waals surface area contributed by atoms with Gasteiger partial charge in [-0.3, -0.25) is 19.7 Å². The van der Waals surface area contributed by atoms with E-state index in [9.17, 15) is 19.2 Å². The molecular weight excluding hydrogens is 552 g/mol. The summed E-state index contributed by atoms with van der Waals surface area (Å²) in [5.41, 5.74) is 0.995. The molecule has 42 heavy (non-hydrogen) atoms. The van der Waals surface area contributed by atoms with Crippen LogP contribution < -0.4 is 20.4 Å². The van der Waals surface area contributed by atoms with Gasteiger partial charge in [0, 0.05) is 18.0 Å². The Kier molecular flexibility index (Phi) is 9.65. The zero-order valence-corrected chi connectivity index (χ0v) is 26.4. The van der Waals surface area contributed by atoms with Crippen LogP contribution in [0.15, 0.2) is 35.7 Å². The Morgan fingerprint density at radius 2 is 1.64 bits per heavy atom. The maximum absolute atomic E-state index is 14.1. The Morgan fingerprint density at radius 1 is 0.976 bits per heavy atom. The first-order chi connectivity index (χ1) is 19.7. The highest BCUT2D eigenvalue weighted by Crippen LogP contribution is 2.37. The summed E-state index contributed by atoms with van der Waals surface area (Å²) in [5, 5.41) is 8.07. The third kappa shape index (κ3) is 7.91. The van der Waals surface area contributed by atoms with Crippen molar-refractivity contribution in [1.29, 1.82) is 0 Å². The number of nitrogens with one attached hydrogen (secondary N) is 2. The summed E-state index contributed by atoms with van der Waals surface area (Å²) in [6.07, 6.45) is 5.44. The predicted octanol–water partition coefficient (Wildman–Crippen LogP) is 5.92. The van der Waals surface area contributed by atoms with E-state index in [0.29, 0.717) is 22.8 Å². The fourth-order valence-electron chi connectivity index (χ4n) is 5.42. The van der Waals surface area contributed by atoms with Gasteiger partial charge in [-0.25, -0.2) is 4.79 Å². The number of anilines is 3. The zero-order valence-electron chi connectivity index (χ0n) is 25.6. The van der Waals surface area contributed by atoms with Crippen molar-refractivity contribution < 1.29 is 23.9 Å². The van der Waals surface area contributed by atoms with Crippen molar-refractivity contribution in [2.45, 2.75) is 97.8 Å². The van der Waals surface area contributed by atoms with Gasteiger partial charge in [0.15, 0.2) is 5.78 Å². The number of hydrogen-bond acceptors (Lipinski definition) is 7. The van der Waals surface area contributed by atoms with Gasteiger partial charge in [-0.2, -0.15) is 0 Å². The fourth-order valence-corrected chi connectivity index (χ4v) is 6.23. The van der Waals surface area contributed by atoms with Crippen molar-refractivity contribution in [1.82, 2.24) is 5.32 Å². The van der Waals surface area contributed by atoms with Gasteiger partial charge in [-0.05, 0) is 62.8 Å². The van der Waals surface area contributed by atoms with Crippen LogP contribution in [0.4, 0.5) is 21.2 Å². The maximum atomic E-state index is 14.1. The van der Waals surface area contributed by atoms with Gasteiger partial charge in [-0.15, -0.1) is 11.3 Å². The molecule has 1 aromatic heterocycles. The maximum Gasteiger partial charge on any atom is 0.320 e. The van der Waals surface area contributed by atoms with Crippen LogP contribution >= 0.6 is 11.3 Å². The molecule has 2 heterocycles. The molecule has 0 spiro atoms. The Labute approximate surface area is 253 Å². The van der Waals surface area contributed by atoms with E-state index in [2.05, 4.69) is 15.5 Å². The van der Waals surface area contributed by atoms with Crippen LogP contribution in [0, 0.1) is 5.41 Å². The molecule has 1 atom stereocenters. The number of hydrogen-bond donors (Lipinski definition) is 2. The first kappa shape index (κ1) is 31.5. The van der Waals surface area contributed by atoms with Gasteiger partial charge in [0.25, 0.3) is 5.91 Å². The summed E-state index contributed by atoms with van der Waals surface area (Å²) in [6, 6.07) is 8.30. The molecule has 3 amide bonds. The van der Waals surface area contributed by atoms with Gasteiger partial charge >= 0.3 is 12.0 Å². The van der Waals surface area contributed by atoms with E-state index in [1.807, 2.05) is 65.8 Å². The standard InChI is InChI=1S/C32H44N4O5S/c1-31(2,3)26(37)20-36-25-15-11-10-14-24(25)35(22-12-8-7-9-13-22)19-23(29(36)39)33-30(40)34-28-21(16-17-42-28)18-27(38)41-32(4,5)6/h10-11,14-17,22-23H,7-9,12-13,18-20H2,1-6H3,(H2,33,34,40)/t23-/m1/s1. The third-order valence-corrected chi connectivity index (χ3v) is 8.49. The number of fused-ring (bicyclic) bond motifs is 1. The molecule has 10 heteroatoms. The lowest BCUT2D eigenvalue weighted by atomic mass is 9.90. The van der Waals surface area contributed by atoms with Gasteiger partial charge in [0.05, 0.1) is 24.3 Å². The molecule has 0 saturated heterocycles. The lowest BCUT2D eigenvalue weighted by Gasteiger charge is -2.37. The minimum absolute atomic E-state index is 0.0200. The average Bonchev–Trinajstić information content (AvgIpc) is 3.29. The average molecular weight is 597 g/mol. The highest BCUT2D eigenvalue weighted by Gasteiger charge is 2.39. The van der Waals surface area contributed by atoms with Gasteiger partial charge in [0.1, 0.15) is 16.6 Å². The first-order valence-corrected chi connectivity index (χ1v) is 15.7. The molecule has 1 aliphatic heterocycles. The molecule has 9 nitrogen and oxygen atoms in total. The molecule has 2 N–H and O–H groups in total. The summed E-state index contributed by atoms with van der Waals surface area (Å²) in [4.78, 5) is 56.9. The molecule has 1 aliphatic carbocycles. The van der Waals surface area contributed by atoms with E-state index in [1.54, 1.807) is 11.4 Å². The van der Waals surface area contributed by atoms with E-state index in [-0.39, 0.29) is 36.7 Å². The molecule has 0 radical (unpaired) electrons. The van der Waals surface area contributed by atoms with Crippen molar-refractivity contribution in [3.63, 3.8) is 0 Å². The van der Waals surface area contributed by atoms with Crippen LogP contribution in [0.25, 0.3) is 0 Å². The van der Waals surface area contributed by atoms with E-state index in [4.69, 9.17) is 4.74 Å². The zero-order chi connectivity index (χ0) is 30.7. The lowest BCUT2D eigenvalue weighted by molar-refractivity contribution is -0.153. The van der Waals surface area contributed by atoms with Crippen molar-refractivity contribution in [3.8, 4) is 0 Å². The topological polar surface area (TPSA) is 108 Å². The van der Waals surface area contributed by atoms with Gasteiger partial charge in [-0.1, -0.05) is 52.2 Å². The Hall–Kier alpha value is -3.40. The molecule has 0 bridgehead atoms. The van der Waals surface area contributed by atoms with Crippen molar-refractivity contribution in [2.75, 3.05) is 28.2 Å². The molecule has 2 aromatic rings. The minimum Gasteiger partial charge on any atom is -0.460 e. The smallest absolute Gasteiger partial charge is 0.320 e. The van der Waals surface area contributed by atoms with E-state index in [0.717, 1.165) is 31.4 Å². The molecule has 1 saturated carbocycles. The van der Waals surface area contributed by atoms with Crippen molar-refractivity contribution in [3.05, 3.63) is 41.3 Å². The number of Topliss-reactive ketones (excluding diaryl/α,β-unsaturated/α-hetero) is 1. The minimum atomic E-state index is -0.888. The molecule has 228 valence electrons. The van der Waals surface area contributed by atoms with Crippen LogP contribution in [0.5, 0.6) is 0 Å². The number of rotatable bonds is 7. The number of nitrogens with zero attached hydrogens (tertiary/aromatic N) is 2. The predicted molar refractivity (Wildman–Crippen MR) is 167 cm³/mol. The third-order valence-electron chi connectivity index (χ3n) is 7.61. The second kappa shape index (κ2) is 12.9. The SMILES string of the molecule is CC(C)(C)OC(=O)Cc1ccsc1NC(=O)N[C@@H]1CN(C2CCCCC2)c2ccccc2N(CC(=O)C(C)(C)C)C1=O. The fraction of sp³-hybridized carbons (Fsp3) is 0.562. The number of carbonyl (C=O) groups is 4. The van der Waals surface area contributed by atoms with Gasteiger partial charge in [0.2, 0.25) is 0 Å². The monoisotopic (exact) mass is 596 g/mol. The van der Waals surface area contributed by atoms with Crippen molar-refractivity contribution in [2.24, 2.45) is 5.41 Å². The molecule has 1 fully saturated rings. The summed E-state index contributed by atoms with van der Waals surface area (Å²) in [6.45, 7) is 11.2. The summed E-state index contributed by atoms with van der Waals surface area (Å²) in [5.74, 6) is -0.776. The Bertz CT molecular complexity index is 1300. The molecular formula is C32H44N4O5S. The van der Waals surface area contributed by atoms with Crippen LogP contribution in [-0.2, 0) is 25.5 Å². The normalized spacial score (nSPS) is 18.2. The van der Waals surface area contributed by atoms with Crippen molar-refractivity contribution >= 4 is 51.4 Å². The number of urea groups is 1. The highest BCUT2D eigenvalue weighted by atomic mass is 32.1. The summed E-state index contributed by atoms with van der Waals surface area (Å²) in [7, 11) is 0. The molecule has 2 aliphatic rings. The molecule has 4 rings (SSSR count). The quantitative estimate of drug-likeness (QED) is 0.384. The number of para-hydroxylation sites is 2.